The summed E-state index contributed by atoms with van der Waals surface area (Å²) in [5.41, 5.74) is 0. The molecule has 0 aromatic carbocycles. The van der Waals surface area contributed by atoms with Gasteiger partial charge in [-0.2, -0.15) is 0 Å². The second-order valence-electron chi connectivity index (χ2n) is 1.29. The highest BCUT2D eigenvalue weighted by Crippen LogP contribution is 2.16. The molecule has 0 amide bonds. The predicted molar refractivity (Wildman–Crippen MR) is 36.9 cm³/mol. The second kappa shape index (κ2) is 2.62. The zero-order chi connectivity index (χ0) is 6.85. The van der Waals surface area contributed by atoms with Gasteiger partial charge in [0.25, 0.3) is 0 Å². The predicted octanol–water partition coefficient (Wildman–Crippen LogP) is 1.08. The summed E-state index contributed by atoms with van der Waals surface area (Å²) < 4.78 is 0.783. The first-order valence-electron chi connectivity index (χ1n) is 2.05. The van der Waals surface area contributed by atoms with E-state index in [9.17, 15) is 5.11 Å². The Morgan fingerprint density at radius 1 is 1.44 bits per heavy atom. The van der Waals surface area contributed by atoms with Crippen molar-refractivity contribution in [3.63, 3.8) is 0 Å². The zero-order valence-corrected chi connectivity index (χ0v) is 7.31. The van der Waals surface area contributed by atoms with E-state index in [-0.39, 0.29) is 10.5 Å². The van der Waals surface area contributed by atoms with E-state index in [0.29, 0.717) is 4.60 Å². The Balaban J connectivity index is 3.17. The van der Waals surface area contributed by atoms with Crippen LogP contribution in [0, 0.1) is 0 Å². The van der Waals surface area contributed by atoms with Crippen LogP contribution in [0.15, 0.2) is 15.4 Å². The minimum Gasteiger partial charge on any atom is -0.857 e. The topological polar surface area (TPSA) is 48.8 Å². The molecule has 1 heterocycles. The van der Waals surface area contributed by atoms with Crippen LogP contribution < -0.4 is 5.11 Å². The molecule has 1 rings (SSSR count). The lowest BCUT2D eigenvalue weighted by atomic mass is 10.7. The molecular formula is C4HBr2N2O-. The van der Waals surface area contributed by atoms with Crippen LogP contribution in [0.2, 0.25) is 0 Å². The molecule has 0 aliphatic rings. The summed E-state index contributed by atoms with van der Waals surface area (Å²) in [6.07, 6.45) is 1.35. The van der Waals surface area contributed by atoms with E-state index in [0.717, 1.165) is 0 Å². The van der Waals surface area contributed by atoms with E-state index in [1.807, 2.05) is 0 Å². The number of rotatable bonds is 0. The standard InChI is InChI=1S/C4H2Br2N2O/c5-2-1-7-4(9)3(6)8-2/h1H,(H,7,9)/p-1. The lowest BCUT2D eigenvalue weighted by Crippen LogP contribution is -1.96. The van der Waals surface area contributed by atoms with E-state index < -0.39 is 0 Å². The Bertz CT molecular complexity index is 228. The first kappa shape index (κ1) is 6.95. The molecule has 5 heteroatoms. The molecule has 0 bridgehead atoms. The van der Waals surface area contributed by atoms with Crippen molar-refractivity contribution in [3.05, 3.63) is 15.4 Å². The minimum absolute atomic E-state index is 0.233. The monoisotopic (exact) mass is 251 g/mol. The normalized spacial score (nSPS) is 9.56. The molecule has 3 nitrogen and oxygen atoms in total. The van der Waals surface area contributed by atoms with Crippen LogP contribution in [0.4, 0.5) is 0 Å². The van der Waals surface area contributed by atoms with Crippen molar-refractivity contribution >= 4 is 31.9 Å². The largest absolute Gasteiger partial charge is 0.857 e. The van der Waals surface area contributed by atoms with Gasteiger partial charge in [0.2, 0.25) is 0 Å². The summed E-state index contributed by atoms with van der Waals surface area (Å²) in [5.74, 6) is -0.349. The van der Waals surface area contributed by atoms with E-state index >= 15 is 0 Å². The van der Waals surface area contributed by atoms with Crippen molar-refractivity contribution in [1.29, 1.82) is 0 Å². The second-order valence-corrected chi connectivity index (χ2v) is 2.85. The summed E-state index contributed by atoms with van der Waals surface area (Å²) in [4.78, 5) is 7.20. The Kier molecular flexibility index (Phi) is 2.02. The maximum atomic E-state index is 10.5. The van der Waals surface area contributed by atoms with Gasteiger partial charge < -0.3 is 5.11 Å². The Morgan fingerprint density at radius 2 is 2.11 bits per heavy atom. The molecule has 0 atom stereocenters. The third-order valence-electron chi connectivity index (χ3n) is 0.670. The Labute approximate surface area is 68.4 Å². The summed E-state index contributed by atoms with van der Waals surface area (Å²) in [5, 5.41) is 10.5. The smallest absolute Gasteiger partial charge is 0.125 e. The molecular weight excluding hydrogens is 252 g/mol. The third-order valence-corrected chi connectivity index (χ3v) is 1.57. The van der Waals surface area contributed by atoms with Crippen molar-refractivity contribution < 1.29 is 5.11 Å². The van der Waals surface area contributed by atoms with Crippen molar-refractivity contribution in [1.82, 2.24) is 9.97 Å². The average Bonchev–Trinajstić information content (AvgIpc) is 1.80. The summed E-state index contributed by atoms with van der Waals surface area (Å²) >= 11 is 5.98. The molecule has 48 valence electrons. The van der Waals surface area contributed by atoms with Crippen LogP contribution in [0.25, 0.3) is 0 Å². The lowest BCUT2D eigenvalue weighted by Gasteiger charge is -2.03. The molecule has 1 aromatic rings. The van der Waals surface area contributed by atoms with Gasteiger partial charge in [0, 0.05) is 5.88 Å². The molecule has 0 aliphatic carbocycles. The van der Waals surface area contributed by atoms with Crippen molar-refractivity contribution in [2.24, 2.45) is 0 Å². The van der Waals surface area contributed by atoms with Crippen LogP contribution in [-0.4, -0.2) is 9.97 Å². The van der Waals surface area contributed by atoms with Crippen molar-refractivity contribution in [2.75, 3.05) is 0 Å². The van der Waals surface area contributed by atoms with E-state index in [1.54, 1.807) is 0 Å². The zero-order valence-electron chi connectivity index (χ0n) is 4.14. The Hall–Kier alpha value is -0.160. The highest BCUT2D eigenvalue weighted by molar-refractivity contribution is 9.11. The van der Waals surface area contributed by atoms with E-state index in [2.05, 4.69) is 41.8 Å². The summed E-state index contributed by atoms with van der Waals surface area (Å²) in [7, 11) is 0. The third kappa shape index (κ3) is 1.62. The van der Waals surface area contributed by atoms with Gasteiger partial charge in [-0.05, 0) is 31.9 Å². The van der Waals surface area contributed by atoms with Gasteiger partial charge in [0.05, 0.1) is 6.20 Å². The SMILES string of the molecule is [O-]c1ncc(Br)nc1Br. The molecule has 0 aliphatic heterocycles. The van der Waals surface area contributed by atoms with Gasteiger partial charge >= 0.3 is 0 Å². The quantitative estimate of drug-likeness (QED) is 0.694. The number of nitrogens with zero attached hydrogens (tertiary/aromatic N) is 2. The molecule has 9 heavy (non-hydrogen) atoms. The first-order chi connectivity index (χ1) is 4.20. The maximum absolute atomic E-state index is 10.5. The minimum atomic E-state index is -0.349. The molecule has 0 fully saturated rings. The first-order valence-corrected chi connectivity index (χ1v) is 3.64. The highest BCUT2D eigenvalue weighted by atomic mass is 79.9. The fraction of sp³-hybridized carbons (Fsp3) is 0. The molecule has 0 saturated carbocycles. The number of halogens is 2. The van der Waals surface area contributed by atoms with Crippen LogP contribution in [0.5, 0.6) is 5.88 Å². The summed E-state index contributed by atoms with van der Waals surface area (Å²) in [6.45, 7) is 0. The van der Waals surface area contributed by atoms with Gasteiger partial charge in [-0.3, -0.25) is 4.98 Å². The van der Waals surface area contributed by atoms with Crippen molar-refractivity contribution in [2.45, 2.75) is 0 Å². The summed E-state index contributed by atoms with van der Waals surface area (Å²) in [6, 6.07) is 0. The molecule has 0 spiro atoms. The maximum Gasteiger partial charge on any atom is 0.125 e. The molecule has 0 N–H and O–H groups in total. The molecule has 1 aromatic heterocycles. The Morgan fingerprint density at radius 3 is 2.56 bits per heavy atom. The van der Waals surface area contributed by atoms with Gasteiger partial charge in [0.15, 0.2) is 0 Å². The molecule has 0 radical (unpaired) electrons. The van der Waals surface area contributed by atoms with E-state index in [1.165, 1.54) is 6.20 Å². The molecule has 0 saturated heterocycles. The van der Waals surface area contributed by atoms with Crippen LogP contribution in [0.1, 0.15) is 0 Å². The van der Waals surface area contributed by atoms with Crippen LogP contribution in [-0.2, 0) is 0 Å². The van der Waals surface area contributed by atoms with Crippen LogP contribution in [0.3, 0.4) is 0 Å². The van der Waals surface area contributed by atoms with E-state index in [4.69, 9.17) is 0 Å². The number of hydrogen-bond acceptors (Lipinski definition) is 3. The van der Waals surface area contributed by atoms with Crippen molar-refractivity contribution in [3.8, 4) is 5.88 Å². The average molecular weight is 253 g/mol. The highest BCUT2D eigenvalue weighted by Gasteiger charge is 1.91. The van der Waals surface area contributed by atoms with Gasteiger partial charge in [-0.25, -0.2) is 4.98 Å². The van der Waals surface area contributed by atoms with Gasteiger partial charge in [-0.15, -0.1) is 0 Å². The van der Waals surface area contributed by atoms with Crippen LogP contribution >= 0.6 is 31.9 Å². The van der Waals surface area contributed by atoms with Gasteiger partial charge in [0.1, 0.15) is 9.21 Å². The van der Waals surface area contributed by atoms with Gasteiger partial charge in [-0.1, -0.05) is 0 Å². The number of aromatic nitrogens is 2. The number of hydrogen-bond donors (Lipinski definition) is 0. The fourth-order valence-corrected chi connectivity index (χ4v) is 1.15. The molecule has 0 unspecified atom stereocenters. The lowest BCUT2D eigenvalue weighted by molar-refractivity contribution is -0.276. The fourth-order valence-electron chi connectivity index (χ4n) is 0.336.